The largest absolute Gasteiger partial charge is 0.397 e. The number of aryl methyl sites for hydroxylation is 1. The topological polar surface area (TPSA) is 47.3 Å². The molecule has 0 aromatic heterocycles. The molecule has 2 rings (SSSR count). The summed E-state index contributed by atoms with van der Waals surface area (Å²) in [4.78, 5) is 0. The molecule has 17 heavy (non-hydrogen) atoms. The maximum Gasteiger partial charge on any atom is 0.128 e. The van der Waals surface area contributed by atoms with Gasteiger partial charge in [0.2, 0.25) is 0 Å². The minimum atomic E-state index is -0.266. The van der Waals surface area contributed by atoms with Gasteiger partial charge in [0.25, 0.3) is 0 Å². The van der Waals surface area contributed by atoms with E-state index in [0.29, 0.717) is 17.9 Å². The minimum Gasteiger partial charge on any atom is -0.397 e. The normalized spacial score (nSPS) is 24.6. The minimum absolute atomic E-state index is 0.114. The van der Waals surface area contributed by atoms with E-state index in [0.717, 1.165) is 25.1 Å². The highest BCUT2D eigenvalue weighted by Gasteiger charge is 2.28. The molecule has 0 bridgehead atoms. The Morgan fingerprint density at radius 2 is 2.24 bits per heavy atom. The van der Waals surface area contributed by atoms with Gasteiger partial charge in [0, 0.05) is 6.61 Å². The molecule has 1 atom stereocenters. The quantitative estimate of drug-likeness (QED) is 0.779. The number of hydrogen-bond donors (Lipinski definition) is 2. The van der Waals surface area contributed by atoms with E-state index < -0.39 is 0 Å². The molecule has 0 aliphatic carbocycles. The second kappa shape index (κ2) is 4.53. The van der Waals surface area contributed by atoms with Crippen molar-refractivity contribution in [2.75, 3.05) is 24.3 Å². The van der Waals surface area contributed by atoms with Gasteiger partial charge < -0.3 is 15.8 Å². The molecule has 4 heteroatoms. The fraction of sp³-hybridized carbons (Fsp3) is 0.538. The summed E-state index contributed by atoms with van der Waals surface area (Å²) < 4.78 is 18.8. The first-order valence-electron chi connectivity index (χ1n) is 5.92. The summed E-state index contributed by atoms with van der Waals surface area (Å²) in [7, 11) is 0. The third-order valence-electron chi connectivity index (χ3n) is 3.21. The zero-order valence-electron chi connectivity index (χ0n) is 10.3. The van der Waals surface area contributed by atoms with Crippen LogP contribution in [0.3, 0.4) is 0 Å². The van der Waals surface area contributed by atoms with Gasteiger partial charge in [0.05, 0.1) is 23.5 Å². The number of benzene rings is 1. The molecule has 1 fully saturated rings. The van der Waals surface area contributed by atoms with Gasteiger partial charge in [-0.3, -0.25) is 0 Å². The van der Waals surface area contributed by atoms with Crippen LogP contribution in [-0.4, -0.2) is 18.8 Å². The average Bonchev–Trinajstić information content (AvgIpc) is 2.26. The lowest BCUT2D eigenvalue weighted by Crippen LogP contribution is -2.43. The Kier molecular flexibility index (Phi) is 3.24. The van der Waals surface area contributed by atoms with Crippen LogP contribution >= 0.6 is 0 Å². The van der Waals surface area contributed by atoms with E-state index in [1.165, 1.54) is 6.07 Å². The molecule has 0 radical (unpaired) electrons. The lowest BCUT2D eigenvalue weighted by atomic mass is 9.94. The Morgan fingerprint density at radius 1 is 1.47 bits per heavy atom. The number of nitrogen functional groups attached to an aromatic ring is 1. The smallest absolute Gasteiger partial charge is 0.128 e. The molecule has 3 N–H and O–H groups in total. The first-order chi connectivity index (χ1) is 8.00. The van der Waals surface area contributed by atoms with Gasteiger partial charge in [-0.25, -0.2) is 4.39 Å². The molecule has 1 aliphatic heterocycles. The Labute approximate surface area is 101 Å². The predicted molar refractivity (Wildman–Crippen MR) is 67.6 cm³/mol. The summed E-state index contributed by atoms with van der Waals surface area (Å²) in [6, 6.07) is 3.12. The van der Waals surface area contributed by atoms with Crippen LogP contribution in [0.25, 0.3) is 0 Å². The van der Waals surface area contributed by atoms with E-state index in [1.807, 2.05) is 0 Å². The molecule has 3 nitrogen and oxygen atoms in total. The third kappa shape index (κ3) is 2.69. The summed E-state index contributed by atoms with van der Waals surface area (Å²) >= 11 is 0. The molecule has 1 unspecified atom stereocenters. The highest BCUT2D eigenvalue weighted by molar-refractivity contribution is 5.68. The molecule has 0 saturated carbocycles. The van der Waals surface area contributed by atoms with E-state index in [1.54, 1.807) is 13.0 Å². The van der Waals surface area contributed by atoms with Crippen LogP contribution in [0, 0.1) is 12.7 Å². The lowest BCUT2D eigenvalue weighted by Gasteiger charge is -2.35. The summed E-state index contributed by atoms with van der Waals surface area (Å²) in [5.41, 5.74) is 7.54. The van der Waals surface area contributed by atoms with Crippen molar-refractivity contribution in [2.24, 2.45) is 0 Å². The number of nitrogens with one attached hydrogen (secondary N) is 1. The van der Waals surface area contributed by atoms with Crippen molar-refractivity contribution in [2.45, 2.75) is 32.2 Å². The molecule has 1 aromatic rings. The zero-order chi connectivity index (χ0) is 12.5. The monoisotopic (exact) mass is 238 g/mol. The maximum atomic E-state index is 13.3. The summed E-state index contributed by atoms with van der Waals surface area (Å²) in [6.07, 6.45) is 2.06. The Bertz CT molecular complexity index is 414. The summed E-state index contributed by atoms with van der Waals surface area (Å²) in [5.74, 6) is -0.266. The van der Waals surface area contributed by atoms with Crippen molar-refractivity contribution in [3.63, 3.8) is 0 Å². The number of ether oxygens (including phenoxy) is 1. The standard InChI is InChI=1S/C13H19FN2O/c1-9-6-12(11(15)7-10(9)14)16-13(2)4-3-5-17-8-13/h6-7,16H,3-5,8,15H2,1-2H3. The van der Waals surface area contributed by atoms with Crippen LogP contribution in [0.5, 0.6) is 0 Å². The highest BCUT2D eigenvalue weighted by atomic mass is 19.1. The van der Waals surface area contributed by atoms with Crippen LogP contribution in [0.1, 0.15) is 25.3 Å². The molecule has 1 saturated heterocycles. The fourth-order valence-corrected chi connectivity index (χ4v) is 2.16. The second-order valence-electron chi connectivity index (χ2n) is 5.03. The predicted octanol–water partition coefficient (Wildman–Crippen LogP) is 2.70. The Balaban J connectivity index is 2.20. The van der Waals surface area contributed by atoms with E-state index in [9.17, 15) is 4.39 Å². The number of rotatable bonds is 2. The van der Waals surface area contributed by atoms with E-state index in [4.69, 9.17) is 10.5 Å². The van der Waals surface area contributed by atoms with Crippen LogP contribution in [0.2, 0.25) is 0 Å². The highest BCUT2D eigenvalue weighted by Crippen LogP contribution is 2.29. The number of anilines is 2. The fourth-order valence-electron chi connectivity index (χ4n) is 2.16. The van der Waals surface area contributed by atoms with Crippen molar-refractivity contribution in [3.8, 4) is 0 Å². The van der Waals surface area contributed by atoms with Gasteiger partial charge in [0.1, 0.15) is 5.82 Å². The van der Waals surface area contributed by atoms with Crippen LogP contribution < -0.4 is 11.1 Å². The van der Waals surface area contributed by atoms with Crippen molar-refractivity contribution in [1.29, 1.82) is 0 Å². The Morgan fingerprint density at radius 3 is 2.88 bits per heavy atom. The summed E-state index contributed by atoms with van der Waals surface area (Å²) in [6.45, 7) is 5.31. The van der Waals surface area contributed by atoms with Gasteiger partial charge in [-0.2, -0.15) is 0 Å². The molecule has 1 heterocycles. The summed E-state index contributed by atoms with van der Waals surface area (Å²) in [5, 5.41) is 3.38. The molecular formula is C13H19FN2O. The number of hydrogen-bond acceptors (Lipinski definition) is 3. The van der Waals surface area contributed by atoms with Gasteiger partial charge in [-0.15, -0.1) is 0 Å². The van der Waals surface area contributed by atoms with Crippen molar-refractivity contribution in [3.05, 3.63) is 23.5 Å². The third-order valence-corrected chi connectivity index (χ3v) is 3.21. The van der Waals surface area contributed by atoms with E-state index in [2.05, 4.69) is 12.2 Å². The first kappa shape index (κ1) is 12.2. The molecular weight excluding hydrogens is 219 g/mol. The van der Waals surface area contributed by atoms with Crippen molar-refractivity contribution >= 4 is 11.4 Å². The number of nitrogens with two attached hydrogens (primary N) is 1. The van der Waals surface area contributed by atoms with Crippen molar-refractivity contribution < 1.29 is 9.13 Å². The molecule has 0 spiro atoms. The lowest BCUT2D eigenvalue weighted by molar-refractivity contribution is 0.0540. The second-order valence-corrected chi connectivity index (χ2v) is 5.03. The molecule has 1 aromatic carbocycles. The van der Waals surface area contributed by atoms with Gasteiger partial charge in [-0.05, 0) is 44.4 Å². The zero-order valence-corrected chi connectivity index (χ0v) is 10.3. The van der Waals surface area contributed by atoms with Crippen LogP contribution in [-0.2, 0) is 4.74 Å². The van der Waals surface area contributed by atoms with E-state index >= 15 is 0 Å². The SMILES string of the molecule is Cc1cc(NC2(C)CCCOC2)c(N)cc1F. The molecule has 1 aliphatic rings. The van der Waals surface area contributed by atoms with Crippen LogP contribution in [0.15, 0.2) is 12.1 Å². The Hall–Kier alpha value is -1.29. The van der Waals surface area contributed by atoms with Gasteiger partial charge >= 0.3 is 0 Å². The van der Waals surface area contributed by atoms with Gasteiger partial charge in [-0.1, -0.05) is 0 Å². The number of halogens is 1. The maximum absolute atomic E-state index is 13.3. The van der Waals surface area contributed by atoms with Crippen LogP contribution in [0.4, 0.5) is 15.8 Å². The molecule has 94 valence electrons. The van der Waals surface area contributed by atoms with Gasteiger partial charge in [0.15, 0.2) is 0 Å². The van der Waals surface area contributed by atoms with Crippen molar-refractivity contribution in [1.82, 2.24) is 0 Å². The van der Waals surface area contributed by atoms with E-state index in [-0.39, 0.29) is 11.4 Å². The molecule has 0 amide bonds. The first-order valence-corrected chi connectivity index (χ1v) is 5.92. The average molecular weight is 238 g/mol.